The highest BCUT2D eigenvalue weighted by atomic mass is 16.5. The third-order valence-electron chi connectivity index (χ3n) is 2.67. The summed E-state index contributed by atoms with van der Waals surface area (Å²) >= 11 is 0. The summed E-state index contributed by atoms with van der Waals surface area (Å²) in [6, 6.07) is 8.34. The zero-order chi connectivity index (χ0) is 10.7. The topological polar surface area (TPSA) is 12.5 Å². The van der Waals surface area contributed by atoms with Crippen molar-refractivity contribution in [2.45, 2.75) is 32.8 Å². The van der Waals surface area contributed by atoms with Crippen LogP contribution in [0, 0.1) is 0 Å². The maximum absolute atomic E-state index is 5.82. The molecule has 0 radical (unpaired) electrons. The summed E-state index contributed by atoms with van der Waals surface area (Å²) in [6.45, 7) is 6.47. The monoisotopic (exact) mass is 205 g/mol. The average molecular weight is 205 g/mol. The van der Waals surface area contributed by atoms with Gasteiger partial charge in [-0.05, 0) is 38.8 Å². The standard InChI is InChI=1S/C13H19NO/c1-11(2)15-13-8-4-3-7-12(13)14-9-5-6-10-14/h3-4,7-8,11H,5-6,9-10H2,1-2H3. The Morgan fingerprint density at radius 1 is 1.13 bits per heavy atom. The third kappa shape index (κ3) is 2.44. The highest BCUT2D eigenvalue weighted by molar-refractivity contribution is 5.58. The number of rotatable bonds is 3. The van der Waals surface area contributed by atoms with Gasteiger partial charge in [-0.1, -0.05) is 12.1 Å². The van der Waals surface area contributed by atoms with Gasteiger partial charge in [0.25, 0.3) is 0 Å². The van der Waals surface area contributed by atoms with Crippen molar-refractivity contribution >= 4 is 5.69 Å². The number of ether oxygens (including phenoxy) is 1. The molecule has 82 valence electrons. The van der Waals surface area contributed by atoms with E-state index in [9.17, 15) is 0 Å². The second-order valence-electron chi connectivity index (χ2n) is 4.33. The fourth-order valence-corrected chi connectivity index (χ4v) is 2.03. The molecule has 0 amide bonds. The second kappa shape index (κ2) is 4.56. The van der Waals surface area contributed by atoms with E-state index in [4.69, 9.17) is 4.74 Å². The van der Waals surface area contributed by atoms with Gasteiger partial charge < -0.3 is 9.64 Å². The molecule has 2 heteroatoms. The third-order valence-corrected chi connectivity index (χ3v) is 2.67. The molecule has 1 aromatic carbocycles. The van der Waals surface area contributed by atoms with Crippen LogP contribution in [0.1, 0.15) is 26.7 Å². The maximum atomic E-state index is 5.82. The minimum Gasteiger partial charge on any atom is -0.489 e. The first kappa shape index (κ1) is 10.3. The predicted molar refractivity (Wildman–Crippen MR) is 63.7 cm³/mol. The number of hydrogen-bond acceptors (Lipinski definition) is 2. The van der Waals surface area contributed by atoms with E-state index in [-0.39, 0.29) is 6.10 Å². The Morgan fingerprint density at radius 2 is 1.80 bits per heavy atom. The summed E-state index contributed by atoms with van der Waals surface area (Å²) in [7, 11) is 0. The summed E-state index contributed by atoms with van der Waals surface area (Å²) in [6.07, 6.45) is 2.85. The number of anilines is 1. The van der Waals surface area contributed by atoms with Gasteiger partial charge in [0.15, 0.2) is 0 Å². The van der Waals surface area contributed by atoms with Crippen molar-refractivity contribution < 1.29 is 4.74 Å². The van der Waals surface area contributed by atoms with Crippen LogP contribution >= 0.6 is 0 Å². The minimum atomic E-state index is 0.244. The molecule has 1 saturated heterocycles. The molecule has 0 unspecified atom stereocenters. The normalized spacial score (nSPS) is 16.1. The lowest BCUT2D eigenvalue weighted by Crippen LogP contribution is -2.19. The van der Waals surface area contributed by atoms with Crippen molar-refractivity contribution in [1.82, 2.24) is 0 Å². The van der Waals surface area contributed by atoms with Crippen molar-refractivity contribution in [3.63, 3.8) is 0 Å². The minimum absolute atomic E-state index is 0.244. The Labute approximate surface area is 91.9 Å². The molecule has 0 aromatic heterocycles. The van der Waals surface area contributed by atoms with Crippen LogP contribution < -0.4 is 9.64 Å². The SMILES string of the molecule is CC(C)Oc1ccccc1N1CCCC1. The van der Waals surface area contributed by atoms with Crippen molar-refractivity contribution in [2.75, 3.05) is 18.0 Å². The van der Waals surface area contributed by atoms with E-state index in [1.54, 1.807) is 0 Å². The fourth-order valence-electron chi connectivity index (χ4n) is 2.03. The van der Waals surface area contributed by atoms with Gasteiger partial charge in [-0.3, -0.25) is 0 Å². The van der Waals surface area contributed by atoms with Crippen molar-refractivity contribution in [3.8, 4) is 5.75 Å². The summed E-state index contributed by atoms with van der Waals surface area (Å²) in [5, 5.41) is 0. The lowest BCUT2D eigenvalue weighted by Gasteiger charge is -2.22. The van der Waals surface area contributed by atoms with Crippen LogP contribution in [0.2, 0.25) is 0 Å². The van der Waals surface area contributed by atoms with Crippen LogP contribution in [0.25, 0.3) is 0 Å². The molecular weight excluding hydrogens is 186 g/mol. The molecule has 1 aromatic rings. The number of hydrogen-bond donors (Lipinski definition) is 0. The van der Waals surface area contributed by atoms with Crippen LogP contribution in [0.3, 0.4) is 0 Å². The van der Waals surface area contributed by atoms with E-state index in [0.29, 0.717) is 0 Å². The Bertz CT molecular complexity index is 316. The second-order valence-corrected chi connectivity index (χ2v) is 4.33. The maximum Gasteiger partial charge on any atom is 0.142 e. The molecule has 1 aliphatic rings. The van der Waals surface area contributed by atoms with E-state index in [1.165, 1.54) is 31.6 Å². The fraction of sp³-hybridized carbons (Fsp3) is 0.538. The largest absolute Gasteiger partial charge is 0.489 e. The number of para-hydroxylation sites is 2. The first-order chi connectivity index (χ1) is 7.27. The molecule has 0 bridgehead atoms. The first-order valence-corrected chi connectivity index (χ1v) is 5.78. The molecule has 0 spiro atoms. The Balaban J connectivity index is 2.20. The summed E-state index contributed by atoms with van der Waals surface area (Å²) in [4.78, 5) is 2.41. The van der Waals surface area contributed by atoms with Crippen molar-refractivity contribution in [3.05, 3.63) is 24.3 Å². The molecule has 0 saturated carbocycles. The van der Waals surface area contributed by atoms with Gasteiger partial charge in [0.2, 0.25) is 0 Å². The summed E-state index contributed by atoms with van der Waals surface area (Å²) in [5.74, 6) is 1.02. The quantitative estimate of drug-likeness (QED) is 0.752. The zero-order valence-corrected chi connectivity index (χ0v) is 9.57. The van der Waals surface area contributed by atoms with E-state index < -0.39 is 0 Å². The summed E-state index contributed by atoms with van der Waals surface area (Å²) < 4.78 is 5.82. The lowest BCUT2D eigenvalue weighted by molar-refractivity contribution is 0.243. The Hall–Kier alpha value is -1.18. The zero-order valence-electron chi connectivity index (χ0n) is 9.57. The van der Waals surface area contributed by atoms with Crippen LogP contribution in [-0.4, -0.2) is 19.2 Å². The molecule has 1 heterocycles. The molecule has 0 aliphatic carbocycles. The molecule has 2 nitrogen and oxygen atoms in total. The highest BCUT2D eigenvalue weighted by Gasteiger charge is 2.16. The van der Waals surface area contributed by atoms with Gasteiger partial charge in [-0.25, -0.2) is 0 Å². The highest BCUT2D eigenvalue weighted by Crippen LogP contribution is 2.31. The number of nitrogens with zero attached hydrogens (tertiary/aromatic N) is 1. The molecule has 2 rings (SSSR count). The van der Waals surface area contributed by atoms with Gasteiger partial charge in [0.05, 0.1) is 11.8 Å². The van der Waals surface area contributed by atoms with Crippen LogP contribution in [0.15, 0.2) is 24.3 Å². The predicted octanol–water partition coefficient (Wildman–Crippen LogP) is 3.07. The van der Waals surface area contributed by atoms with Gasteiger partial charge in [-0.15, -0.1) is 0 Å². The smallest absolute Gasteiger partial charge is 0.142 e. The van der Waals surface area contributed by atoms with Crippen molar-refractivity contribution in [1.29, 1.82) is 0 Å². The van der Waals surface area contributed by atoms with Crippen LogP contribution in [0.5, 0.6) is 5.75 Å². The van der Waals surface area contributed by atoms with Gasteiger partial charge in [0.1, 0.15) is 5.75 Å². The molecule has 1 aliphatic heterocycles. The Morgan fingerprint density at radius 3 is 2.47 bits per heavy atom. The lowest BCUT2D eigenvalue weighted by atomic mass is 10.2. The van der Waals surface area contributed by atoms with E-state index in [1.807, 2.05) is 6.07 Å². The Kier molecular flexibility index (Phi) is 3.14. The number of benzene rings is 1. The van der Waals surface area contributed by atoms with Crippen LogP contribution in [-0.2, 0) is 0 Å². The van der Waals surface area contributed by atoms with Crippen molar-refractivity contribution in [2.24, 2.45) is 0 Å². The van der Waals surface area contributed by atoms with E-state index in [2.05, 4.69) is 36.9 Å². The molecule has 1 fully saturated rings. The van der Waals surface area contributed by atoms with Gasteiger partial charge in [-0.2, -0.15) is 0 Å². The van der Waals surface area contributed by atoms with Gasteiger partial charge in [0, 0.05) is 13.1 Å². The first-order valence-electron chi connectivity index (χ1n) is 5.78. The van der Waals surface area contributed by atoms with Gasteiger partial charge >= 0.3 is 0 Å². The van der Waals surface area contributed by atoms with E-state index >= 15 is 0 Å². The molecule has 0 atom stereocenters. The van der Waals surface area contributed by atoms with E-state index in [0.717, 1.165) is 5.75 Å². The molecular formula is C13H19NO. The average Bonchev–Trinajstić information content (AvgIpc) is 2.70. The molecule has 0 N–H and O–H groups in total. The molecule has 15 heavy (non-hydrogen) atoms. The summed E-state index contributed by atoms with van der Waals surface area (Å²) in [5.41, 5.74) is 1.25. The van der Waals surface area contributed by atoms with Crippen LogP contribution in [0.4, 0.5) is 5.69 Å².